The van der Waals surface area contributed by atoms with Crippen LogP contribution in [0.15, 0.2) is 77.7 Å². The number of ether oxygens (including phenoxy) is 1. The van der Waals surface area contributed by atoms with Crippen molar-refractivity contribution in [2.45, 2.75) is 11.3 Å². The lowest BCUT2D eigenvalue weighted by molar-refractivity contribution is -0.116. The highest BCUT2D eigenvalue weighted by Gasteiger charge is 2.14. The van der Waals surface area contributed by atoms with Crippen LogP contribution in [0.3, 0.4) is 0 Å². The third kappa shape index (κ3) is 5.95. The van der Waals surface area contributed by atoms with Crippen LogP contribution in [0.5, 0.6) is 5.75 Å². The SMILES string of the molecule is O=C(CCOc1ccc(F)cc1Cl)Nc1cccc(NS(=O)(=O)c2ccccc2)c1. The number of nitrogens with one attached hydrogen (secondary N) is 2. The Morgan fingerprint density at radius 2 is 1.70 bits per heavy atom. The van der Waals surface area contributed by atoms with Crippen LogP contribution < -0.4 is 14.8 Å². The van der Waals surface area contributed by atoms with Crippen LogP contribution in [-0.2, 0) is 14.8 Å². The van der Waals surface area contributed by atoms with Crippen molar-refractivity contribution in [2.75, 3.05) is 16.6 Å². The summed E-state index contributed by atoms with van der Waals surface area (Å²) in [6, 6.07) is 18.0. The van der Waals surface area contributed by atoms with E-state index in [-0.39, 0.29) is 34.6 Å². The molecule has 0 atom stereocenters. The predicted molar refractivity (Wildman–Crippen MR) is 114 cm³/mol. The highest BCUT2D eigenvalue weighted by molar-refractivity contribution is 7.92. The van der Waals surface area contributed by atoms with Gasteiger partial charge in [0.1, 0.15) is 11.6 Å². The summed E-state index contributed by atoms with van der Waals surface area (Å²) in [4.78, 5) is 12.3. The molecule has 3 rings (SSSR count). The predicted octanol–water partition coefficient (Wildman–Crippen LogP) is 4.69. The Balaban J connectivity index is 1.56. The average Bonchev–Trinajstić information content (AvgIpc) is 2.70. The van der Waals surface area contributed by atoms with Crippen molar-refractivity contribution in [3.8, 4) is 5.75 Å². The maximum atomic E-state index is 13.0. The fourth-order valence-electron chi connectivity index (χ4n) is 2.54. The van der Waals surface area contributed by atoms with Gasteiger partial charge in [-0.15, -0.1) is 0 Å². The van der Waals surface area contributed by atoms with Crippen LogP contribution in [0.2, 0.25) is 5.02 Å². The van der Waals surface area contributed by atoms with Crippen LogP contribution in [0, 0.1) is 5.82 Å². The molecule has 9 heteroatoms. The number of hydrogen-bond acceptors (Lipinski definition) is 4. The van der Waals surface area contributed by atoms with Crippen LogP contribution >= 0.6 is 11.6 Å². The fourth-order valence-corrected chi connectivity index (χ4v) is 3.84. The lowest BCUT2D eigenvalue weighted by atomic mass is 10.2. The van der Waals surface area contributed by atoms with Gasteiger partial charge < -0.3 is 10.1 Å². The Labute approximate surface area is 178 Å². The van der Waals surface area contributed by atoms with E-state index in [0.29, 0.717) is 11.4 Å². The van der Waals surface area contributed by atoms with Gasteiger partial charge >= 0.3 is 0 Å². The van der Waals surface area contributed by atoms with Gasteiger partial charge in [0, 0.05) is 5.69 Å². The summed E-state index contributed by atoms with van der Waals surface area (Å²) in [6.45, 7) is 0.0392. The maximum absolute atomic E-state index is 13.0. The molecule has 0 aliphatic carbocycles. The molecule has 6 nitrogen and oxygen atoms in total. The van der Waals surface area contributed by atoms with Gasteiger partial charge in [0.25, 0.3) is 10.0 Å². The first-order chi connectivity index (χ1) is 14.3. The third-order valence-electron chi connectivity index (χ3n) is 3.93. The highest BCUT2D eigenvalue weighted by Crippen LogP contribution is 2.25. The van der Waals surface area contributed by atoms with Crippen molar-refractivity contribution >= 4 is 38.9 Å². The van der Waals surface area contributed by atoms with Crippen LogP contribution in [0.25, 0.3) is 0 Å². The molecule has 0 saturated heterocycles. The van der Waals surface area contributed by atoms with Gasteiger partial charge in [0.15, 0.2) is 0 Å². The van der Waals surface area contributed by atoms with E-state index in [1.165, 1.54) is 30.3 Å². The zero-order chi connectivity index (χ0) is 21.6. The van der Waals surface area contributed by atoms with Crippen LogP contribution in [0.4, 0.5) is 15.8 Å². The Morgan fingerprint density at radius 3 is 2.43 bits per heavy atom. The minimum atomic E-state index is -3.73. The molecule has 0 unspecified atom stereocenters. The highest BCUT2D eigenvalue weighted by atomic mass is 35.5. The van der Waals surface area contributed by atoms with Gasteiger partial charge in [-0.1, -0.05) is 35.9 Å². The molecule has 3 aromatic rings. The summed E-state index contributed by atoms with van der Waals surface area (Å²) in [5.41, 5.74) is 0.735. The molecular formula is C21H18ClFN2O4S. The number of sulfonamides is 1. The van der Waals surface area contributed by atoms with Crippen molar-refractivity contribution in [2.24, 2.45) is 0 Å². The number of carbonyl (C=O) groups is 1. The molecule has 156 valence electrons. The molecule has 0 aliphatic heterocycles. The van der Waals surface area contributed by atoms with E-state index in [2.05, 4.69) is 10.0 Å². The van der Waals surface area contributed by atoms with Gasteiger partial charge in [0.2, 0.25) is 5.91 Å². The lowest BCUT2D eigenvalue weighted by Crippen LogP contribution is -2.16. The Bertz CT molecular complexity index is 1140. The van der Waals surface area contributed by atoms with Gasteiger partial charge in [0.05, 0.1) is 28.6 Å². The number of halogens is 2. The summed E-state index contributed by atoms with van der Waals surface area (Å²) in [7, 11) is -3.73. The molecule has 0 fully saturated rings. The van der Waals surface area contributed by atoms with Crippen molar-refractivity contribution < 1.29 is 22.3 Å². The molecule has 1 amide bonds. The zero-order valence-electron chi connectivity index (χ0n) is 15.6. The number of hydrogen-bond donors (Lipinski definition) is 2. The topological polar surface area (TPSA) is 84.5 Å². The van der Waals surface area contributed by atoms with Crippen LogP contribution in [-0.4, -0.2) is 20.9 Å². The van der Waals surface area contributed by atoms with Crippen LogP contribution in [0.1, 0.15) is 6.42 Å². The molecular weight excluding hydrogens is 431 g/mol. The van der Waals surface area contributed by atoms with E-state index in [4.69, 9.17) is 16.3 Å². The summed E-state index contributed by atoms with van der Waals surface area (Å²) in [5, 5.41) is 2.79. The van der Waals surface area contributed by atoms with Crippen molar-refractivity contribution in [3.63, 3.8) is 0 Å². The van der Waals surface area contributed by atoms with Gasteiger partial charge in [-0.25, -0.2) is 12.8 Å². The van der Waals surface area contributed by atoms with E-state index in [1.54, 1.807) is 36.4 Å². The van der Waals surface area contributed by atoms with E-state index in [1.807, 2.05) is 0 Å². The fraction of sp³-hybridized carbons (Fsp3) is 0.0952. The molecule has 0 heterocycles. The molecule has 0 radical (unpaired) electrons. The summed E-state index contributed by atoms with van der Waals surface area (Å²) in [5.74, 6) is -0.535. The summed E-state index contributed by atoms with van der Waals surface area (Å²) < 4.78 is 45.7. The van der Waals surface area contributed by atoms with E-state index >= 15 is 0 Å². The number of amides is 1. The standard InChI is InChI=1S/C21H18ClFN2O4S/c22-19-13-15(23)9-10-20(19)29-12-11-21(26)24-16-5-4-6-17(14-16)25-30(27,28)18-7-2-1-3-8-18/h1-10,13-14,25H,11-12H2,(H,24,26). The number of anilines is 2. The quantitative estimate of drug-likeness (QED) is 0.523. The first-order valence-electron chi connectivity index (χ1n) is 8.89. The molecule has 0 aliphatic rings. The van der Waals surface area contributed by atoms with Crippen molar-refractivity contribution in [1.29, 1.82) is 0 Å². The second-order valence-electron chi connectivity index (χ2n) is 6.22. The molecule has 0 saturated carbocycles. The summed E-state index contributed by atoms with van der Waals surface area (Å²) in [6.07, 6.45) is 0.0215. The maximum Gasteiger partial charge on any atom is 0.261 e. The minimum absolute atomic E-state index is 0.0215. The molecule has 0 aromatic heterocycles. The second-order valence-corrected chi connectivity index (χ2v) is 8.31. The first kappa shape index (κ1) is 21.6. The molecule has 0 spiro atoms. The van der Waals surface area contributed by atoms with Crippen molar-refractivity contribution in [3.05, 3.63) is 83.6 Å². The molecule has 30 heavy (non-hydrogen) atoms. The van der Waals surface area contributed by atoms with Gasteiger partial charge in [-0.3, -0.25) is 9.52 Å². The monoisotopic (exact) mass is 448 g/mol. The number of carbonyl (C=O) groups excluding carboxylic acids is 1. The van der Waals surface area contributed by atoms with E-state index in [0.717, 1.165) is 6.07 Å². The number of rotatable bonds is 8. The Kier molecular flexibility index (Phi) is 6.91. The number of benzene rings is 3. The second kappa shape index (κ2) is 9.60. The summed E-state index contributed by atoms with van der Waals surface area (Å²) >= 11 is 5.87. The first-order valence-corrected chi connectivity index (χ1v) is 10.8. The largest absolute Gasteiger partial charge is 0.491 e. The van der Waals surface area contributed by atoms with E-state index in [9.17, 15) is 17.6 Å². The minimum Gasteiger partial charge on any atom is -0.491 e. The molecule has 2 N–H and O–H groups in total. The molecule has 0 bridgehead atoms. The van der Waals surface area contributed by atoms with Crippen molar-refractivity contribution in [1.82, 2.24) is 0 Å². The lowest BCUT2D eigenvalue weighted by Gasteiger charge is -2.11. The zero-order valence-corrected chi connectivity index (χ0v) is 17.2. The normalized spacial score (nSPS) is 11.0. The van der Waals surface area contributed by atoms with Gasteiger partial charge in [-0.05, 0) is 48.5 Å². The average molecular weight is 449 g/mol. The Morgan fingerprint density at radius 1 is 0.967 bits per heavy atom. The Hall–Kier alpha value is -3.10. The third-order valence-corrected chi connectivity index (χ3v) is 5.63. The van der Waals surface area contributed by atoms with E-state index < -0.39 is 15.8 Å². The van der Waals surface area contributed by atoms with Gasteiger partial charge in [-0.2, -0.15) is 0 Å². The smallest absolute Gasteiger partial charge is 0.261 e. The molecule has 3 aromatic carbocycles.